The molecule has 17 heavy (non-hydrogen) atoms. The molecular weight excluding hydrogens is 210 g/mol. The first-order valence-corrected chi connectivity index (χ1v) is 5.66. The van der Waals surface area contributed by atoms with Crippen LogP contribution in [0.25, 0.3) is 5.57 Å². The number of nitrogens with two attached hydrogens (primary N) is 1. The maximum Gasteiger partial charge on any atom is 0.129 e. The summed E-state index contributed by atoms with van der Waals surface area (Å²) in [5, 5.41) is 4.36. The number of allylic oxidation sites excluding steroid dienone is 1. The fourth-order valence-electron chi connectivity index (χ4n) is 2.08. The molecule has 0 spiro atoms. The molecular formula is C14H17N3. The summed E-state index contributed by atoms with van der Waals surface area (Å²) < 4.78 is 1.72. The standard InChI is InChI=1S/C14H17N3/c1-4-12(11-8-6-5-7-9-11)13-10(2)16-17(3)14(13)15/h4-9H,15H2,1-3H3/b12-4-. The van der Waals surface area contributed by atoms with Gasteiger partial charge >= 0.3 is 0 Å². The van der Waals surface area contributed by atoms with E-state index in [4.69, 9.17) is 5.73 Å². The second-order valence-electron chi connectivity index (χ2n) is 4.04. The van der Waals surface area contributed by atoms with Crippen molar-refractivity contribution in [1.82, 2.24) is 9.78 Å². The van der Waals surface area contributed by atoms with Crippen molar-refractivity contribution >= 4 is 11.4 Å². The van der Waals surface area contributed by atoms with Crippen molar-refractivity contribution in [2.75, 3.05) is 5.73 Å². The summed E-state index contributed by atoms with van der Waals surface area (Å²) in [6, 6.07) is 10.2. The Kier molecular flexibility index (Phi) is 3.00. The fourth-order valence-corrected chi connectivity index (χ4v) is 2.08. The van der Waals surface area contributed by atoms with Crippen LogP contribution in [0.1, 0.15) is 23.7 Å². The van der Waals surface area contributed by atoms with Crippen molar-refractivity contribution in [3.63, 3.8) is 0 Å². The van der Waals surface area contributed by atoms with Crippen LogP contribution in [0.3, 0.4) is 0 Å². The monoisotopic (exact) mass is 227 g/mol. The normalized spacial score (nSPS) is 11.8. The highest BCUT2D eigenvalue weighted by Gasteiger charge is 2.15. The first-order chi connectivity index (χ1) is 8.15. The van der Waals surface area contributed by atoms with E-state index in [1.165, 1.54) is 0 Å². The topological polar surface area (TPSA) is 43.8 Å². The highest BCUT2D eigenvalue weighted by atomic mass is 15.3. The number of nitrogens with zero attached hydrogens (tertiary/aromatic N) is 2. The van der Waals surface area contributed by atoms with Gasteiger partial charge in [0, 0.05) is 12.6 Å². The van der Waals surface area contributed by atoms with Gasteiger partial charge in [-0.2, -0.15) is 5.10 Å². The molecule has 0 amide bonds. The Morgan fingerprint density at radius 1 is 1.29 bits per heavy atom. The quantitative estimate of drug-likeness (QED) is 0.857. The molecule has 0 atom stereocenters. The molecule has 88 valence electrons. The molecule has 0 aliphatic heterocycles. The van der Waals surface area contributed by atoms with Crippen molar-refractivity contribution in [3.8, 4) is 0 Å². The maximum atomic E-state index is 6.08. The van der Waals surface area contributed by atoms with Crippen LogP contribution in [0.15, 0.2) is 36.4 Å². The van der Waals surface area contributed by atoms with Crippen LogP contribution in [-0.2, 0) is 7.05 Å². The molecule has 0 radical (unpaired) electrons. The SMILES string of the molecule is C/C=C(/c1ccccc1)c1c(C)nn(C)c1N. The van der Waals surface area contributed by atoms with Crippen LogP contribution >= 0.6 is 0 Å². The molecule has 2 aromatic rings. The third-order valence-corrected chi connectivity index (χ3v) is 2.91. The van der Waals surface area contributed by atoms with Crippen LogP contribution in [0.2, 0.25) is 0 Å². The van der Waals surface area contributed by atoms with E-state index in [-0.39, 0.29) is 0 Å². The molecule has 0 bridgehead atoms. The van der Waals surface area contributed by atoms with E-state index < -0.39 is 0 Å². The van der Waals surface area contributed by atoms with Gasteiger partial charge in [-0.05, 0) is 25.0 Å². The zero-order valence-corrected chi connectivity index (χ0v) is 10.4. The lowest BCUT2D eigenvalue weighted by atomic mass is 9.98. The second-order valence-corrected chi connectivity index (χ2v) is 4.04. The predicted molar refractivity (Wildman–Crippen MR) is 71.6 cm³/mol. The number of rotatable bonds is 2. The number of hydrogen-bond donors (Lipinski definition) is 1. The van der Waals surface area contributed by atoms with Crippen LogP contribution in [0.4, 0.5) is 5.82 Å². The Balaban J connectivity index is 2.59. The van der Waals surface area contributed by atoms with E-state index in [2.05, 4.69) is 23.3 Å². The zero-order chi connectivity index (χ0) is 12.4. The second kappa shape index (κ2) is 4.45. The Morgan fingerprint density at radius 2 is 1.94 bits per heavy atom. The highest BCUT2D eigenvalue weighted by molar-refractivity contribution is 5.85. The Hall–Kier alpha value is -2.03. The molecule has 3 heteroatoms. The van der Waals surface area contributed by atoms with E-state index >= 15 is 0 Å². The molecule has 2 rings (SSSR count). The van der Waals surface area contributed by atoms with Gasteiger partial charge in [-0.25, -0.2) is 0 Å². The first kappa shape index (κ1) is 11.5. The highest BCUT2D eigenvalue weighted by Crippen LogP contribution is 2.29. The number of aryl methyl sites for hydroxylation is 2. The lowest BCUT2D eigenvalue weighted by molar-refractivity contribution is 0.767. The largest absolute Gasteiger partial charge is 0.383 e. The molecule has 1 heterocycles. The fraction of sp³-hybridized carbons (Fsp3) is 0.214. The third-order valence-electron chi connectivity index (χ3n) is 2.91. The van der Waals surface area contributed by atoms with Gasteiger partial charge in [-0.3, -0.25) is 4.68 Å². The Morgan fingerprint density at radius 3 is 2.41 bits per heavy atom. The van der Waals surface area contributed by atoms with Crippen LogP contribution in [0, 0.1) is 6.92 Å². The van der Waals surface area contributed by atoms with E-state index in [1.807, 2.05) is 39.1 Å². The van der Waals surface area contributed by atoms with Gasteiger partial charge in [-0.15, -0.1) is 0 Å². The average Bonchev–Trinajstić information content (AvgIpc) is 2.58. The molecule has 0 saturated heterocycles. The van der Waals surface area contributed by atoms with Gasteiger partial charge in [0.1, 0.15) is 5.82 Å². The van der Waals surface area contributed by atoms with Crippen molar-refractivity contribution in [2.24, 2.45) is 7.05 Å². The number of nitrogen functional groups attached to an aromatic ring is 1. The van der Waals surface area contributed by atoms with Crippen molar-refractivity contribution < 1.29 is 0 Å². The molecule has 0 aliphatic carbocycles. The molecule has 0 saturated carbocycles. The van der Waals surface area contributed by atoms with E-state index in [0.717, 1.165) is 22.4 Å². The summed E-state index contributed by atoms with van der Waals surface area (Å²) in [5.41, 5.74) is 10.4. The van der Waals surface area contributed by atoms with Gasteiger partial charge in [0.05, 0.1) is 5.69 Å². The minimum absolute atomic E-state index is 0.708. The lowest BCUT2D eigenvalue weighted by Crippen LogP contribution is -1.99. The van der Waals surface area contributed by atoms with Crippen LogP contribution in [-0.4, -0.2) is 9.78 Å². The lowest BCUT2D eigenvalue weighted by Gasteiger charge is -2.07. The number of aromatic nitrogens is 2. The molecule has 0 unspecified atom stereocenters. The minimum atomic E-state index is 0.708. The maximum absolute atomic E-state index is 6.08. The summed E-state index contributed by atoms with van der Waals surface area (Å²) in [6.45, 7) is 4.01. The summed E-state index contributed by atoms with van der Waals surface area (Å²) in [4.78, 5) is 0. The van der Waals surface area contributed by atoms with Crippen LogP contribution in [0.5, 0.6) is 0 Å². The number of anilines is 1. The third kappa shape index (κ3) is 1.96. The molecule has 1 aromatic carbocycles. The summed E-state index contributed by atoms with van der Waals surface area (Å²) in [6.07, 6.45) is 2.08. The van der Waals surface area contributed by atoms with Crippen molar-refractivity contribution in [1.29, 1.82) is 0 Å². The van der Waals surface area contributed by atoms with Crippen molar-refractivity contribution in [3.05, 3.63) is 53.2 Å². The van der Waals surface area contributed by atoms with Gasteiger partial charge in [0.15, 0.2) is 0 Å². The van der Waals surface area contributed by atoms with Crippen LogP contribution < -0.4 is 5.73 Å². The number of benzene rings is 1. The zero-order valence-electron chi connectivity index (χ0n) is 10.4. The van der Waals surface area contributed by atoms with E-state index in [1.54, 1.807) is 4.68 Å². The van der Waals surface area contributed by atoms with E-state index in [0.29, 0.717) is 5.82 Å². The molecule has 2 N–H and O–H groups in total. The molecule has 1 aromatic heterocycles. The smallest absolute Gasteiger partial charge is 0.129 e. The Labute approximate surface area is 102 Å². The minimum Gasteiger partial charge on any atom is -0.383 e. The summed E-state index contributed by atoms with van der Waals surface area (Å²) in [5.74, 6) is 0.708. The Bertz CT molecular complexity index is 550. The van der Waals surface area contributed by atoms with Crippen molar-refractivity contribution in [2.45, 2.75) is 13.8 Å². The predicted octanol–water partition coefficient (Wildman–Crippen LogP) is 2.76. The van der Waals surface area contributed by atoms with Gasteiger partial charge in [0.25, 0.3) is 0 Å². The van der Waals surface area contributed by atoms with Gasteiger partial charge in [0.2, 0.25) is 0 Å². The van der Waals surface area contributed by atoms with Gasteiger partial charge in [-0.1, -0.05) is 36.4 Å². The van der Waals surface area contributed by atoms with E-state index in [9.17, 15) is 0 Å². The molecule has 3 nitrogen and oxygen atoms in total. The number of hydrogen-bond acceptors (Lipinski definition) is 2. The summed E-state index contributed by atoms with van der Waals surface area (Å²) in [7, 11) is 1.87. The first-order valence-electron chi connectivity index (χ1n) is 5.66. The average molecular weight is 227 g/mol. The summed E-state index contributed by atoms with van der Waals surface area (Å²) >= 11 is 0. The molecule has 0 fully saturated rings. The molecule has 0 aliphatic rings. The van der Waals surface area contributed by atoms with Gasteiger partial charge < -0.3 is 5.73 Å².